The maximum atomic E-state index is 12.3. The predicted octanol–water partition coefficient (Wildman–Crippen LogP) is 2.86. The number of carbonyl (C=O) groups excluding carboxylic acids is 2. The SMILES string of the molecule is C#Cc1cccc(NC(=O)CN=C(NCC)NC(C)c2nc(C)c(C(=O)OCC)s2)c1. The van der Waals surface area contributed by atoms with Crippen molar-refractivity contribution >= 4 is 34.9 Å². The number of esters is 1. The summed E-state index contributed by atoms with van der Waals surface area (Å²) in [5, 5.41) is 9.81. The molecule has 0 saturated carbocycles. The number of benzene rings is 1. The van der Waals surface area contributed by atoms with Gasteiger partial charge in [0.05, 0.1) is 18.3 Å². The average molecular weight is 442 g/mol. The van der Waals surface area contributed by atoms with Gasteiger partial charge in [0, 0.05) is 17.8 Å². The first-order chi connectivity index (χ1) is 14.9. The molecule has 0 aliphatic carbocycles. The Morgan fingerprint density at radius 2 is 2.13 bits per heavy atom. The van der Waals surface area contributed by atoms with Crippen molar-refractivity contribution in [2.24, 2.45) is 4.99 Å². The van der Waals surface area contributed by atoms with Gasteiger partial charge in [-0.25, -0.2) is 14.8 Å². The lowest BCUT2D eigenvalue weighted by molar-refractivity contribution is -0.114. The Balaban J connectivity index is 2.03. The molecule has 2 rings (SSSR count). The quantitative estimate of drug-likeness (QED) is 0.252. The molecular formula is C22H27N5O3S. The van der Waals surface area contributed by atoms with Crippen molar-refractivity contribution in [3.05, 3.63) is 45.4 Å². The summed E-state index contributed by atoms with van der Waals surface area (Å²) in [7, 11) is 0. The summed E-state index contributed by atoms with van der Waals surface area (Å²) < 4.78 is 5.07. The van der Waals surface area contributed by atoms with E-state index in [1.54, 1.807) is 38.1 Å². The molecule has 0 aliphatic heterocycles. The van der Waals surface area contributed by atoms with Gasteiger partial charge in [-0.2, -0.15) is 0 Å². The third-order valence-corrected chi connectivity index (χ3v) is 5.36. The smallest absolute Gasteiger partial charge is 0.350 e. The molecule has 0 aliphatic rings. The number of aliphatic imine (C=N–C) groups is 1. The second-order valence-electron chi connectivity index (χ2n) is 6.52. The summed E-state index contributed by atoms with van der Waals surface area (Å²) in [5.41, 5.74) is 1.93. The second-order valence-corrected chi connectivity index (χ2v) is 7.55. The number of nitrogens with one attached hydrogen (secondary N) is 3. The summed E-state index contributed by atoms with van der Waals surface area (Å²) in [6, 6.07) is 6.83. The van der Waals surface area contributed by atoms with E-state index in [4.69, 9.17) is 11.2 Å². The largest absolute Gasteiger partial charge is 0.462 e. The second kappa shape index (κ2) is 11.7. The standard InChI is InChI=1S/C22H27N5O3S/c1-6-16-10-9-11-17(12-16)27-18(28)13-24-22(23-7-2)26-15(5)20-25-14(4)19(31-20)21(29)30-8-3/h1,9-12,15H,7-8,13H2,2-5H3,(H,27,28)(H2,23,24,26). The van der Waals surface area contributed by atoms with Gasteiger partial charge in [0.25, 0.3) is 0 Å². The van der Waals surface area contributed by atoms with Crippen molar-refractivity contribution in [2.45, 2.75) is 33.7 Å². The van der Waals surface area contributed by atoms with Crippen LogP contribution in [0.25, 0.3) is 0 Å². The number of anilines is 1. The van der Waals surface area contributed by atoms with Gasteiger partial charge in [0.1, 0.15) is 16.4 Å². The maximum absolute atomic E-state index is 12.3. The number of hydrogen-bond donors (Lipinski definition) is 3. The van der Waals surface area contributed by atoms with E-state index in [-0.39, 0.29) is 24.5 Å². The first-order valence-corrected chi connectivity index (χ1v) is 10.7. The van der Waals surface area contributed by atoms with Crippen molar-refractivity contribution in [1.82, 2.24) is 15.6 Å². The molecule has 164 valence electrons. The minimum absolute atomic E-state index is 0.0761. The van der Waals surface area contributed by atoms with Gasteiger partial charge in [0.15, 0.2) is 5.96 Å². The number of terminal acetylenes is 1. The van der Waals surface area contributed by atoms with Crippen LogP contribution < -0.4 is 16.0 Å². The van der Waals surface area contributed by atoms with Gasteiger partial charge >= 0.3 is 5.97 Å². The highest BCUT2D eigenvalue weighted by Crippen LogP contribution is 2.24. The molecule has 8 nitrogen and oxygen atoms in total. The van der Waals surface area contributed by atoms with E-state index < -0.39 is 0 Å². The highest BCUT2D eigenvalue weighted by atomic mass is 32.1. The third kappa shape index (κ3) is 7.12. The number of amides is 1. The molecule has 1 heterocycles. The molecule has 0 radical (unpaired) electrons. The van der Waals surface area contributed by atoms with Crippen molar-refractivity contribution < 1.29 is 14.3 Å². The zero-order chi connectivity index (χ0) is 22.8. The average Bonchev–Trinajstić information content (AvgIpc) is 3.14. The molecule has 0 bridgehead atoms. The normalized spacial score (nSPS) is 11.9. The number of ether oxygens (including phenoxy) is 1. The van der Waals surface area contributed by atoms with Crippen LogP contribution in [0.3, 0.4) is 0 Å². The van der Waals surface area contributed by atoms with E-state index in [2.05, 4.69) is 31.8 Å². The molecular weight excluding hydrogens is 414 g/mol. The van der Waals surface area contributed by atoms with Crippen molar-refractivity contribution in [1.29, 1.82) is 0 Å². The number of carbonyl (C=O) groups is 2. The molecule has 0 fully saturated rings. The molecule has 2 aromatic rings. The van der Waals surface area contributed by atoms with Crippen LogP contribution >= 0.6 is 11.3 Å². The van der Waals surface area contributed by atoms with Crippen LogP contribution in [0.5, 0.6) is 0 Å². The van der Waals surface area contributed by atoms with Crippen LogP contribution in [0.2, 0.25) is 0 Å². The monoisotopic (exact) mass is 441 g/mol. The summed E-state index contributed by atoms with van der Waals surface area (Å²) in [6.45, 7) is 8.23. The molecule has 3 N–H and O–H groups in total. The van der Waals surface area contributed by atoms with E-state index in [1.807, 2.05) is 13.8 Å². The Kier molecular flexibility index (Phi) is 9.03. The van der Waals surface area contributed by atoms with Crippen molar-refractivity contribution in [2.75, 3.05) is 25.0 Å². The lowest BCUT2D eigenvalue weighted by Gasteiger charge is -2.16. The first kappa shape index (κ1) is 23.9. The van der Waals surface area contributed by atoms with Crippen molar-refractivity contribution in [3.63, 3.8) is 0 Å². The van der Waals surface area contributed by atoms with E-state index >= 15 is 0 Å². The fourth-order valence-corrected chi connectivity index (χ4v) is 3.58. The van der Waals surface area contributed by atoms with Crippen LogP contribution in [-0.2, 0) is 9.53 Å². The van der Waals surface area contributed by atoms with Gasteiger partial charge in [0.2, 0.25) is 5.91 Å². The predicted molar refractivity (Wildman–Crippen MR) is 123 cm³/mol. The van der Waals surface area contributed by atoms with Gasteiger partial charge < -0.3 is 20.7 Å². The van der Waals surface area contributed by atoms with Gasteiger partial charge in [-0.1, -0.05) is 12.0 Å². The molecule has 1 unspecified atom stereocenters. The maximum Gasteiger partial charge on any atom is 0.350 e. The molecule has 1 atom stereocenters. The van der Waals surface area contributed by atoms with Crippen LogP contribution in [0, 0.1) is 19.3 Å². The number of aromatic nitrogens is 1. The number of aryl methyl sites for hydroxylation is 1. The van der Waals surface area contributed by atoms with Gasteiger partial charge in [-0.3, -0.25) is 4.79 Å². The minimum Gasteiger partial charge on any atom is -0.462 e. The summed E-state index contributed by atoms with van der Waals surface area (Å²) in [5.74, 6) is 2.35. The molecule has 0 saturated heterocycles. The van der Waals surface area contributed by atoms with Crippen LogP contribution in [-0.4, -0.2) is 42.5 Å². The third-order valence-electron chi connectivity index (χ3n) is 4.04. The molecule has 1 aromatic carbocycles. The molecule has 1 amide bonds. The van der Waals surface area contributed by atoms with Gasteiger partial charge in [-0.15, -0.1) is 17.8 Å². The van der Waals surface area contributed by atoms with E-state index in [0.29, 0.717) is 40.9 Å². The summed E-state index contributed by atoms with van der Waals surface area (Å²) >= 11 is 1.28. The Morgan fingerprint density at radius 1 is 1.35 bits per heavy atom. The molecule has 1 aromatic heterocycles. The highest BCUT2D eigenvalue weighted by molar-refractivity contribution is 7.13. The Hall–Kier alpha value is -3.38. The fourth-order valence-electron chi connectivity index (χ4n) is 2.61. The van der Waals surface area contributed by atoms with Crippen LogP contribution in [0.4, 0.5) is 5.69 Å². The Labute approximate surface area is 186 Å². The topological polar surface area (TPSA) is 105 Å². The van der Waals surface area contributed by atoms with Crippen molar-refractivity contribution in [3.8, 4) is 12.3 Å². The minimum atomic E-state index is -0.373. The van der Waals surface area contributed by atoms with E-state index in [9.17, 15) is 9.59 Å². The van der Waals surface area contributed by atoms with Gasteiger partial charge in [-0.05, 0) is 45.9 Å². The van der Waals surface area contributed by atoms with Crippen LogP contribution in [0.15, 0.2) is 29.3 Å². The Morgan fingerprint density at radius 3 is 2.81 bits per heavy atom. The molecule has 31 heavy (non-hydrogen) atoms. The lowest BCUT2D eigenvalue weighted by Crippen LogP contribution is -2.39. The highest BCUT2D eigenvalue weighted by Gasteiger charge is 2.20. The Bertz CT molecular complexity index is 993. The number of guanidine groups is 1. The number of nitrogens with zero attached hydrogens (tertiary/aromatic N) is 2. The molecule has 9 heteroatoms. The molecule has 0 spiro atoms. The number of hydrogen-bond acceptors (Lipinski definition) is 6. The number of rotatable bonds is 8. The zero-order valence-corrected chi connectivity index (χ0v) is 18.9. The lowest BCUT2D eigenvalue weighted by atomic mass is 10.2. The van der Waals surface area contributed by atoms with E-state index in [1.165, 1.54) is 11.3 Å². The zero-order valence-electron chi connectivity index (χ0n) is 18.1. The van der Waals surface area contributed by atoms with Crippen LogP contribution in [0.1, 0.15) is 52.7 Å². The number of thiazole rings is 1. The summed E-state index contributed by atoms with van der Waals surface area (Å²) in [4.78, 5) is 33.6. The summed E-state index contributed by atoms with van der Waals surface area (Å²) in [6.07, 6.45) is 5.39. The first-order valence-electron chi connectivity index (χ1n) is 9.93. The van der Waals surface area contributed by atoms with E-state index in [0.717, 1.165) is 5.01 Å². The fraction of sp³-hybridized carbons (Fsp3) is 0.364.